The minimum absolute atomic E-state index is 0. The van der Waals surface area contributed by atoms with Crippen molar-refractivity contribution in [3.8, 4) is 0 Å². The van der Waals surface area contributed by atoms with Crippen molar-refractivity contribution in [2.45, 2.75) is 31.4 Å². The number of aliphatic imine (C=N–C) groups is 1. The van der Waals surface area contributed by atoms with Gasteiger partial charge in [0.1, 0.15) is 5.76 Å². The number of halogens is 1. The summed E-state index contributed by atoms with van der Waals surface area (Å²) in [7, 11) is 0. The van der Waals surface area contributed by atoms with Crippen molar-refractivity contribution >= 4 is 41.7 Å². The van der Waals surface area contributed by atoms with Crippen molar-refractivity contribution in [3.05, 3.63) is 24.2 Å². The smallest absolute Gasteiger partial charge is 0.194 e. The molecule has 1 N–H and O–H groups in total. The van der Waals surface area contributed by atoms with Crippen LogP contribution in [0, 0.1) is 5.92 Å². The number of thioether (sulfide) groups is 1. The molecule has 2 aliphatic heterocycles. The summed E-state index contributed by atoms with van der Waals surface area (Å²) in [5.74, 6) is 3.84. The number of furan rings is 1. The van der Waals surface area contributed by atoms with Crippen molar-refractivity contribution in [3.63, 3.8) is 0 Å². The van der Waals surface area contributed by atoms with Gasteiger partial charge >= 0.3 is 0 Å². The Hall–Kier alpha value is -0.410. The summed E-state index contributed by atoms with van der Waals surface area (Å²) in [5, 5.41) is 4.28. The number of guanidine groups is 1. The molecule has 0 saturated carbocycles. The van der Waals surface area contributed by atoms with Gasteiger partial charge < -0.3 is 19.4 Å². The zero-order valence-electron chi connectivity index (χ0n) is 15.0. The van der Waals surface area contributed by atoms with Gasteiger partial charge in [-0.2, -0.15) is 11.8 Å². The Morgan fingerprint density at radius 1 is 1.48 bits per heavy atom. The van der Waals surface area contributed by atoms with E-state index in [1.54, 1.807) is 6.26 Å². The average Bonchev–Trinajstić information content (AvgIpc) is 3.31. The van der Waals surface area contributed by atoms with Crippen LogP contribution in [0.2, 0.25) is 0 Å². The van der Waals surface area contributed by atoms with E-state index >= 15 is 0 Å². The molecule has 0 amide bonds. The van der Waals surface area contributed by atoms with E-state index in [0.717, 1.165) is 64.0 Å². The molecule has 0 aromatic carbocycles. The zero-order chi connectivity index (χ0) is 16.6. The molecular formula is C18H30IN3O2S. The quantitative estimate of drug-likeness (QED) is 0.386. The second kappa shape index (κ2) is 11.3. The van der Waals surface area contributed by atoms with Crippen LogP contribution in [0.5, 0.6) is 0 Å². The van der Waals surface area contributed by atoms with Crippen molar-refractivity contribution in [2.24, 2.45) is 10.9 Å². The van der Waals surface area contributed by atoms with Gasteiger partial charge in [-0.05, 0) is 25.0 Å². The van der Waals surface area contributed by atoms with Crippen LogP contribution in [0.4, 0.5) is 0 Å². The molecule has 1 aromatic rings. The molecule has 2 aliphatic rings. The monoisotopic (exact) mass is 479 g/mol. The summed E-state index contributed by atoms with van der Waals surface area (Å²) in [6.07, 6.45) is 4.98. The van der Waals surface area contributed by atoms with Crippen molar-refractivity contribution in [2.75, 3.05) is 45.1 Å². The van der Waals surface area contributed by atoms with Gasteiger partial charge in [-0.1, -0.05) is 6.92 Å². The first-order valence-electron chi connectivity index (χ1n) is 9.10. The molecule has 0 bridgehead atoms. The molecule has 2 atom stereocenters. The molecular weight excluding hydrogens is 449 g/mol. The Bertz CT molecular complexity index is 506. The van der Waals surface area contributed by atoms with E-state index in [-0.39, 0.29) is 24.0 Å². The van der Waals surface area contributed by atoms with Gasteiger partial charge in [0, 0.05) is 56.1 Å². The van der Waals surface area contributed by atoms with Gasteiger partial charge in [0.15, 0.2) is 5.96 Å². The van der Waals surface area contributed by atoms with Gasteiger partial charge in [0.25, 0.3) is 0 Å². The number of nitrogens with zero attached hydrogens (tertiary/aromatic N) is 2. The van der Waals surface area contributed by atoms with Gasteiger partial charge in [0.05, 0.1) is 12.9 Å². The van der Waals surface area contributed by atoms with Crippen LogP contribution >= 0.6 is 35.7 Å². The first kappa shape index (κ1) is 20.9. The predicted molar refractivity (Wildman–Crippen MR) is 115 cm³/mol. The second-order valence-corrected chi connectivity index (χ2v) is 7.91. The maximum atomic E-state index is 5.48. The second-order valence-electron chi connectivity index (χ2n) is 6.50. The summed E-state index contributed by atoms with van der Waals surface area (Å²) < 4.78 is 10.9. The third-order valence-electron chi connectivity index (χ3n) is 4.65. The predicted octanol–water partition coefficient (Wildman–Crippen LogP) is 3.25. The first-order chi connectivity index (χ1) is 11.8. The molecule has 5 nitrogen and oxygen atoms in total. The molecule has 3 rings (SSSR count). The van der Waals surface area contributed by atoms with Gasteiger partial charge in [0.2, 0.25) is 0 Å². The number of rotatable bonds is 6. The average molecular weight is 479 g/mol. The molecule has 2 fully saturated rings. The minimum atomic E-state index is 0. The third-order valence-corrected chi connectivity index (χ3v) is 6.02. The van der Waals surface area contributed by atoms with Gasteiger partial charge in [-0.15, -0.1) is 24.0 Å². The molecule has 25 heavy (non-hydrogen) atoms. The molecule has 2 saturated heterocycles. The summed E-state index contributed by atoms with van der Waals surface area (Å²) in [4.78, 5) is 7.36. The Kier molecular flexibility index (Phi) is 9.47. The van der Waals surface area contributed by atoms with E-state index in [0.29, 0.717) is 11.2 Å². The van der Waals surface area contributed by atoms with E-state index < -0.39 is 0 Å². The minimum Gasteiger partial charge on any atom is -0.469 e. The highest BCUT2D eigenvalue weighted by atomic mass is 127. The topological polar surface area (TPSA) is 50.0 Å². The SMILES string of the molecule is CCC1CN(C(=NCC2CCOC2)NCCc2ccco2)CCS1.I. The Balaban J connectivity index is 0.00000225. The highest BCUT2D eigenvalue weighted by Gasteiger charge is 2.22. The molecule has 0 aliphatic carbocycles. The van der Waals surface area contributed by atoms with E-state index in [9.17, 15) is 0 Å². The number of nitrogens with one attached hydrogen (secondary N) is 1. The number of hydrogen-bond acceptors (Lipinski definition) is 4. The lowest BCUT2D eigenvalue weighted by Crippen LogP contribution is -2.48. The lowest BCUT2D eigenvalue weighted by molar-refractivity contribution is 0.187. The lowest BCUT2D eigenvalue weighted by Gasteiger charge is -2.34. The summed E-state index contributed by atoms with van der Waals surface area (Å²) in [6, 6.07) is 3.97. The third kappa shape index (κ3) is 6.67. The molecule has 142 valence electrons. The maximum absolute atomic E-state index is 5.48. The van der Waals surface area contributed by atoms with Crippen LogP contribution in [0.25, 0.3) is 0 Å². The summed E-state index contributed by atoms with van der Waals surface area (Å²) in [5.41, 5.74) is 0. The van der Waals surface area contributed by atoms with Crippen LogP contribution in [0.1, 0.15) is 25.5 Å². The van der Waals surface area contributed by atoms with Crippen LogP contribution in [-0.2, 0) is 11.2 Å². The van der Waals surface area contributed by atoms with Crippen LogP contribution in [-0.4, -0.2) is 61.3 Å². The largest absolute Gasteiger partial charge is 0.469 e. The molecule has 2 unspecified atom stereocenters. The van der Waals surface area contributed by atoms with E-state index in [1.165, 1.54) is 12.2 Å². The van der Waals surface area contributed by atoms with Crippen molar-refractivity contribution in [1.82, 2.24) is 10.2 Å². The van der Waals surface area contributed by atoms with E-state index in [2.05, 4.69) is 28.9 Å². The molecule has 0 radical (unpaired) electrons. The Morgan fingerprint density at radius 2 is 2.40 bits per heavy atom. The first-order valence-corrected chi connectivity index (χ1v) is 10.1. The van der Waals surface area contributed by atoms with Crippen molar-refractivity contribution in [1.29, 1.82) is 0 Å². The Labute approximate surface area is 172 Å². The fourth-order valence-electron chi connectivity index (χ4n) is 3.12. The van der Waals surface area contributed by atoms with Gasteiger partial charge in [-0.3, -0.25) is 4.99 Å². The van der Waals surface area contributed by atoms with E-state index in [1.807, 2.05) is 12.1 Å². The van der Waals surface area contributed by atoms with Crippen LogP contribution in [0.3, 0.4) is 0 Å². The number of hydrogen-bond donors (Lipinski definition) is 1. The fraction of sp³-hybridized carbons (Fsp3) is 0.722. The normalized spacial score (nSPS) is 24.2. The fourth-order valence-corrected chi connectivity index (χ4v) is 4.30. The van der Waals surface area contributed by atoms with Crippen LogP contribution < -0.4 is 5.32 Å². The molecule has 0 spiro atoms. The highest BCUT2D eigenvalue weighted by Crippen LogP contribution is 2.21. The zero-order valence-corrected chi connectivity index (χ0v) is 18.1. The highest BCUT2D eigenvalue weighted by molar-refractivity contribution is 14.0. The van der Waals surface area contributed by atoms with Crippen molar-refractivity contribution < 1.29 is 9.15 Å². The van der Waals surface area contributed by atoms with E-state index in [4.69, 9.17) is 14.1 Å². The molecule has 1 aromatic heterocycles. The summed E-state index contributed by atoms with van der Waals surface area (Å²) in [6.45, 7) is 7.91. The number of ether oxygens (including phenoxy) is 1. The molecule has 7 heteroatoms. The van der Waals surface area contributed by atoms with Crippen LogP contribution in [0.15, 0.2) is 27.8 Å². The lowest BCUT2D eigenvalue weighted by atomic mass is 10.1. The van der Waals surface area contributed by atoms with Gasteiger partial charge in [-0.25, -0.2) is 0 Å². The molecule has 3 heterocycles. The Morgan fingerprint density at radius 3 is 3.12 bits per heavy atom. The summed E-state index contributed by atoms with van der Waals surface area (Å²) >= 11 is 2.09. The maximum Gasteiger partial charge on any atom is 0.194 e. The standard InChI is InChI=1S/C18H29N3O2S.HI/c1-2-17-13-21(8-11-24-17)18(20-12-15-6-10-22-14-15)19-7-5-16-4-3-9-23-16;/h3-4,9,15,17H,2,5-8,10-14H2,1H3,(H,19,20);1H.